The zero-order valence-electron chi connectivity index (χ0n) is 13.4. The highest BCUT2D eigenvalue weighted by Crippen LogP contribution is 2.28. The highest BCUT2D eigenvalue weighted by Gasteiger charge is 2.15. The van der Waals surface area contributed by atoms with Crippen molar-refractivity contribution in [3.05, 3.63) is 28.8 Å². The summed E-state index contributed by atoms with van der Waals surface area (Å²) in [7, 11) is 1.92. The molecular formula is C17H25ClN2O. The van der Waals surface area contributed by atoms with E-state index >= 15 is 0 Å². The highest BCUT2D eigenvalue weighted by atomic mass is 35.5. The van der Waals surface area contributed by atoms with Crippen molar-refractivity contribution in [3.63, 3.8) is 0 Å². The summed E-state index contributed by atoms with van der Waals surface area (Å²) in [6.45, 7) is 6.68. The number of rotatable bonds is 8. The van der Waals surface area contributed by atoms with Crippen LogP contribution in [0.15, 0.2) is 18.2 Å². The minimum absolute atomic E-state index is 0.191. The number of unbranched alkanes of at least 4 members (excludes halogenated alkanes) is 1. The molecule has 1 atom stereocenters. The van der Waals surface area contributed by atoms with Crippen molar-refractivity contribution in [2.24, 2.45) is 5.41 Å². The average Bonchev–Trinajstić information content (AvgIpc) is 2.47. The molecule has 0 saturated heterocycles. The fraction of sp³-hybridized carbons (Fsp3) is 0.588. The van der Waals surface area contributed by atoms with Crippen LogP contribution in [0, 0.1) is 16.7 Å². The standard InChI is InChI=1S/C17H25ClN2O/c1-13(20-4)15-11-14(18)7-8-16(15)21-10-6-5-9-17(2,3)12-19/h7-8,11,13,20H,5-6,9-10H2,1-4H3. The van der Waals surface area contributed by atoms with E-state index in [1.165, 1.54) is 0 Å². The lowest BCUT2D eigenvalue weighted by Crippen LogP contribution is -2.14. The second kappa shape index (κ2) is 8.26. The summed E-state index contributed by atoms with van der Waals surface area (Å²) in [5.41, 5.74) is 0.828. The normalized spacial score (nSPS) is 12.8. The fourth-order valence-electron chi connectivity index (χ4n) is 2.05. The third kappa shape index (κ3) is 5.95. The Bertz CT molecular complexity index is 494. The lowest BCUT2D eigenvalue weighted by atomic mass is 9.89. The van der Waals surface area contributed by atoms with E-state index in [1.807, 2.05) is 39.1 Å². The maximum Gasteiger partial charge on any atom is 0.124 e. The molecule has 0 spiro atoms. The maximum atomic E-state index is 8.98. The van der Waals surface area contributed by atoms with Crippen molar-refractivity contribution < 1.29 is 4.74 Å². The molecule has 0 aliphatic heterocycles. The first-order valence-electron chi connectivity index (χ1n) is 7.40. The second-order valence-corrected chi connectivity index (χ2v) is 6.43. The molecule has 0 aromatic heterocycles. The molecule has 116 valence electrons. The minimum Gasteiger partial charge on any atom is -0.493 e. The molecule has 0 bridgehead atoms. The van der Waals surface area contributed by atoms with Gasteiger partial charge in [0.25, 0.3) is 0 Å². The molecule has 1 N–H and O–H groups in total. The number of hydrogen-bond acceptors (Lipinski definition) is 3. The monoisotopic (exact) mass is 308 g/mol. The molecule has 1 rings (SSSR count). The number of benzene rings is 1. The Balaban J connectivity index is 2.51. The summed E-state index contributed by atoms with van der Waals surface area (Å²) in [5, 5.41) is 12.9. The van der Waals surface area contributed by atoms with E-state index in [0.29, 0.717) is 6.61 Å². The zero-order valence-corrected chi connectivity index (χ0v) is 14.1. The van der Waals surface area contributed by atoms with Gasteiger partial charge in [0.1, 0.15) is 5.75 Å². The molecule has 3 nitrogen and oxygen atoms in total. The summed E-state index contributed by atoms with van der Waals surface area (Å²) < 4.78 is 5.88. The van der Waals surface area contributed by atoms with Gasteiger partial charge >= 0.3 is 0 Å². The molecule has 1 aromatic rings. The van der Waals surface area contributed by atoms with Crippen LogP contribution in [0.2, 0.25) is 5.02 Å². The zero-order chi connectivity index (χ0) is 15.9. The molecule has 0 heterocycles. The summed E-state index contributed by atoms with van der Waals surface area (Å²) in [6.07, 6.45) is 2.83. The van der Waals surface area contributed by atoms with Crippen molar-refractivity contribution in [3.8, 4) is 11.8 Å². The van der Waals surface area contributed by atoms with E-state index < -0.39 is 0 Å². The molecule has 1 unspecified atom stereocenters. The van der Waals surface area contributed by atoms with Gasteiger partial charge in [-0.2, -0.15) is 5.26 Å². The summed E-state index contributed by atoms with van der Waals surface area (Å²) in [6, 6.07) is 8.23. The largest absolute Gasteiger partial charge is 0.493 e. The summed E-state index contributed by atoms with van der Waals surface area (Å²) in [4.78, 5) is 0. The number of nitrogens with one attached hydrogen (secondary N) is 1. The number of nitrogens with zero attached hydrogens (tertiary/aromatic N) is 1. The molecule has 0 radical (unpaired) electrons. The van der Waals surface area contributed by atoms with Gasteiger partial charge in [-0.25, -0.2) is 0 Å². The summed E-state index contributed by atoms with van der Waals surface area (Å²) >= 11 is 6.05. The first-order valence-corrected chi connectivity index (χ1v) is 7.78. The first-order chi connectivity index (χ1) is 9.89. The number of hydrogen-bond donors (Lipinski definition) is 1. The molecule has 21 heavy (non-hydrogen) atoms. The fourth-order valence-corrected chi connectivity index (χ4v) is 2.23. The third-order valence-electron chi connectivity index (χ3n) is 3.63. The number of ether oxygens (including phenoxy) is 1. The van der Waals surface area contributed by atoms with E-state index in [0.717, 1.165) is 35.6 Å². The Morgan fingerprint density at radius 1 is 1.38 bits per heavy atom. The van der Waals surface area contributed by atoms with Crippen LogP contribution in [0.4, 0.5) is 0 Å². The predicted molar refractivity (Wildman–Crippen MR) is 87.7 cm³/mol. The van der Waals surface area contributed by atoms with Gasteiger partial charge < -0.3 is 10.1 Å². The minimum atomic E-state index is -0.244. The van der Waals surface area contributed by atoms with Crippen LogP contribution in [-0.2, 0) is 0 Å². The van der Waals surface area contributed by atoms with Crippen molar-refractivity contribution >= 4 is 11.6 Å². The molecule has 0 saturated carbocycles. The van der Waals surface area contributed by atoms with Crippen molar-refractivity contribution in [1.29, 1.82) is 5.26 Å². The van der Waals surface area contributed by atoms with Crippen molar-refractivity contribution in [2.75, 3.05) is 13.7 Å². The molecule has 1 aromatic carbocycles. The Kier molecular flexibility index (Phi) is 7.01. The van der Waals surface area contributed by atoms with Gasteiger partial charge in [-0.05, 0) is 65.3 Å². The van der Waals surface area contributed by atoms with E-state index in [-0.39, 0.29) is 11.5 Å². The molecular weight excluding hydrogens is 284 g/mol. The van der Waals surface area contributed by atoms with Gasteiger partial charge in [-0.1, -0.05) is 11.6 Å². The smallest absolute Gasteiger partial charge is 0.124 e. The average molecular weight is 309 g/mol. The quantitative estimate of drug-likeness (QED) is 0.707. The highest BCUT2D eigenvalue weighted by molar-refractivity contribution is 6.30. The SMILES string of the molecule is CNC(C)c1cc(Cl)ccc1OCCCCC(C)(C)C#N. The number of halogens is 1. The molecule has 0 aliphatic carbocycles. The lowest BCUT2D eigenvalue weighted by molar-refractivity contribution is 0.290. The second-order valence-electron chi connectivity index (χ2n) is 5.99. The van der Waals surface area contributed by atoms with Crippen LogP contribution in [0.3, 0.4) is 0 Å². The van der Waals surface area contributed by atoms with Crippen LogP contribution >= 0.6 is 11.6 Å². The topological polar surface area (TPSA) is 45.0 Å². The van der Waals surface area contributed by atoms with Gasteiger partial charge in [-0.3, -0.25) is 0 Å². The first kappa shape index (κ1) is 17.8. The Hall–Kier alpha value is -1.24. The maximum absolute atomic E-state index is 8.98. The van der Waals surface area contributed by atoms with Gasteiger partial charge in [0.05, 0.1) is 18.1 Å². The predicted octanol–water partition coefficient (Wildman–Crippen LogP) is 4.72. The van der Waals surface area contributed by atoms with Crippen molar-refractivity contribution in [1.82, 2.24) is 5.32 Å². The molecule has 4 heteroatoms. The lowest BCUT2D eigenvalue weighted by Gasteiger charge is -2.18. The van der Waals surface area contributed by atoms with Crippen molar-refractivity contribution in [2.45, 2.75) is 46.1 Å². The van der Waals surface area contributed by atoms with E-state index in [4.69, 9.17) is 21.6 Å². The van der Waals surface area contributed by atoms with Gasteiger partial charge in [0, 0.05) is 16.6 Å². The Labute approximate surface area is 133 Å². The Morgan fingerprint density at radius 3 is 2.71 bits per heavy atom. The third-order valence-corrected chi connectivity index (χ3v) is 3.86. The van der Waals surface area contributed by atoms with Gasteiger partial charge in [-0.15, -0.1) is 0 Å². The van der Waals surface area contributed by atoms with E-state index in [9.17, 15) is 0 Å². The Morgan fingerprint density at radius 2 is 2.10 bits per heavy atom. The molecule has 0 fully saturated rings. The molecule has 0 amide bonds. The van der Waals surface area contributed by atoms with E-state index in [1.54, 1.807) is 0 Å². The van der Waals surface area contributed by atoms with Gasteiger partial charge in [0.15, 0.2) is 0 Å². The van der Waals surface area contributed by atoms with Crippen LogP contribution in [-0.4, -0.2) is 13.7 Å². The van der Waals surface area contributed by atoms with Crippen LogP contribution in [0.25, 0.3) is 0 Å². The summed E-state index contributed by atoms with van der Waals surface area (Å²) in [5.74, 6) is 0.876. The van der Waals surface area contributed by atoms with Crippen LogP contribution in [0.1, 0.15) is 51.6 Å². The number of nitriles is 1. The van der Waals surface area contributed by atoms with Gasteiger partial charge in [0.2, 0.25) is 0 Å². The van der Waals surface area contributed by atoms with E-state index in [2.05, 4.69) is 18.3 Å². The van der Waals surface area contributed by atoms with Crippen LogP contribution in [0.5, 0.6) is 5.75 Å². The molecule has 0 aliphatic rings. The van der Waals surface area contributed by atoms with Crippen LogP contribution < -0.4 is 10.1 Å².